The second-order valence-corrected chi connectivity index (χ2v) is 4.78. The Hall–Kier alpha value is -1.55. The van der Waals surface area contributed by atoms with Crippen LogP contribution in [-0.2, 0) is 0 Å². The van der Waals surface area contributed by atoms with Crippen molar-refractivity contribution in [3.05, 3.63) is 29.8 Å². The molecule has 2 rings (SSSR count). The summed E-state index contributed by atoms with van der Waals surface area (Å²) in [5.41, 5.74) is 7.55. The van der Waals surface area contributed by atoms with Crippen LogP contribution in [0.15, 0.2) is 24.3 Å². The first-order valence-corrected chi connectivity index (χ1v) is 5.94. The smallest absolute Gasteiger partial charge is 0.124 e. The number of hydrogen-bond donors (Lipinski definition) is 2. The zero-order chi connectivity index (χ0) is 12.4. The van der Waals surface area contributed by atoms with E-state index >= 15 is 0 Å². The summed E-state index contributed by atoms with van der Waals surface area (Å²) >= 11 is 0. The number of likely N-dealkylation sites (N-methyl/N-ethyl adjacent to an activating group) is 1. The summed E-state index contributed by atoms with van der Waals surface area (Å²) in [5, 5.41) is 7.62. The zero-order valence-corrected chi connectivity index (χ0v) is 10.5. The van der Waals surface area contributed by atoms with E-state index in [9.17, 15) is 0 Å². The van der Waals surface area contributed by atoms with Crippen LogP contribution in [0.5, 0.6) is 0 Å². The summed E-state index contributed by atoms with van der Waals surface area (Å²) in [4.78, 5) is 4.58. The van der Waals surface area contributed by atoms with Gasteiger partial charge in [0.05, 0.1) is 0 Å². The molecule has 1 fully saturated rings. The van der Waals surface area contributed by atoms with Crippen LogP contribution in [0.1, 0.15) is 12.0 Å². The second-order valence-electron chi connectivity index (χ2n) is 4.78. The number of hydrogen-bond acceptors (Lipinski definition) is 3. The van der Waals surface area contributed by atoms with E-state index in [0.29, 0.717) is 6.04 Å². The number of amidine groups is 1. The monoisotopic (exact) mass is 232 g/mol. The van der Waals surface area contributed by atoms with E-state index in [4.69, 9.17) is 11.1 Å². The Morgan fingerprint density at radius 1 is 1.41 bits per heavy atom. The molecular formula is C13H20N4. The van der Waals surface area contributed by atoms with Crippen LogP contribution in [-0.4, -0.2) is 44.0 Å². The summed E-state index contributed by atoms with van der Waals surface area (Å²) in [5.74, 6) is 0.147. The third-order valence-corrected chi connectivity index (χ3v) is 3.43. The summed E-state index contributed by atoms with van der Waals surface area (Å²) in [7, 11) is 4.23. The van der Waals surface area contributed by atoms with Gasteiger partial charge >= 0.3 is 0 Å². The maximum Gasteiger partial charge on any atom is 0.124 e. The van der Waals surface area contributed by atoms with E-state index in [1.807, 2.05) is 18.2 Å². The Bertz CT molecular complexity index is 414. The molecule has 0 amide bonds. The van der Waals surface area contributed by atoms with Gasteiger partial charge in [0.1, 0.15) is 5.84 Å². The first-order valence-electron chi connectivity index (χ1n) is 5.94. The fraction of sp³-hybridized carbons (Fsp3) is 0.462. The van der Waals surface area contributed by atoms with Crippen LogP contribution < -0.4 is 10.6 Å². The molecule has 3 N–H and O–H groups in total. The molecule has 17 heavy (non-hydrogen) atoms. The molecule has 0 spiro atoms. The molecule has 0 radical (unpaired) electrons. The van der Waals surface area contributed by atoms with Gasteiger partial charge < -0.3 is 15.5 Å². The molecule has 1 aliphatic heterocycles. The molecule has 0 aromatic heterocycles. The van der Waals surface area contributed by atoms with Gasteiger partial charge in [-0.05, 0) is 32.6 Å². The number of nitrogens with zero attached hydrogens (tertiary/aromatic N) is 2. The minimum atomic E-state index is 0.147. The van der Waals surface area contributed by atoms with Gasteiger partial charge in [-0.2, -0.15) is 0 Å². The van der Waals surface area contributed by atoms with E-state index in [2.05, 4.69) is 30.0 Å². The molecule has 92 valence electrons. The van der Waals surface area contributed by atoms with Crippen molar-refractivity contribution in [2.75, 3.05) is 32.1 Å². The van der Waals surface area contributed by atoms with Crippen molar-refractivity contribution >= 4 is 11.5 Å². The van der Waals surface area contributed by atoms with Crippen molar-refractivity contribution in [2.24, 2.45) is 5.73 Å². The second kappa shape index (κ2) is 4.75. The fourth-order valence-corrected chi connectivity index (χ4v) is 2.36. The van der Waals surface area contributed by atoms with Crippen molar-refractivity contribution in [3.63, 3.8) is 0 Å². The average molecular weight is 232 g/mol. The Morgan fingerprint density at radius 2 is 2.12 bits per heavy atom. The first-order chi connectivity index (χ1) is 8.09. The van der Waals surface area contributed by atoms with Crippen molar-refractivity contribution in [2.45, 2.75) is 12.5 Å². The molecule has 0 saturated carbocycles. The standard InChI is InChI=1S/C13H20N4/c1-16(2)10-7-8-17(9-10)12-6-4-3-5-11(12)13(14)15/h3-6,10H,7-9H2,1-2H3,(H3,14,15). The van der Waals surface area contributed by atoms with Crippen LogP contribution >= 0.6 is 0 Å². The molecule has 1 saturated heterocycles. The summed E-state index contributed by atoms with van der Waals surface area (Å²) in [6.45, 7) is 2.05. The Labute approximate surface area is 103 Å². The van der Waals surface area contributed by atoms with Crippen LogP contribution in [0.3, 0.4) is 0 Å². The third kappa shape index (κ3) is 2.42. The molecule has 1 aromatic carbocycles. The lowest BCUT2D eigenvalue weighted by molar-refractivity contribution is 0.315. The van der Waals surface area contributed by atoms with E-state index in [-0.39, 0.29) is 5.84 Å². The van der Waals surface area contributed by atoms with Gasteiger partial charge in [-0.3, -0.25) is 5.41 Å². The number of nitrogens with one attached hydrogen (secondary N) is 1. The molecule has 0 aliphatic carbocycles. The molecule has 1 unspecified atom stereocenters. The predicted octanol–water partition coefficient (Wildman–Crippen LogP) is 1.11. The lowest BCUT2D eigenvalue weighted by atomic mass is 10.1. The van der Waals surface area contributed by atoms with Gasteiger partial charge in [0, 0.05) is 30.4 Å². The van der Waals surface area contributed by atoms with Gasteiger partial charge in [-0.25, -0.2) is 0 Å². The van der Waals surface area contributed by atoms with Gasteiger partial charge in [-0.15, -0.1) is 0 Å². The molecular weight excluding hydrogens is 212 g/mol. The van der Waals surface area contributed by atoms with Crippen molar-refractivity contribution < 1.29 is 0 Å². The first kappa shape index (κ1) is 11.9. The molecule has 4 heteroatoms. The number of benzene rings is 1. The van der Waals surface area contributed by atoms with Crippen LogP contribution in [0.25, 0.3) is 0 Å². The molecule has 1 atom stereocenters. The van der Waals surface area contributed by atoms with Crippen molar-refractivity contribution in [1.82, 2.24) is 4.90 Å². The molecule has 1 aliphatic rings. The third-order valence-electron chi connectivity index (χ3n) is 3.43. The predicted molar refractivity (Wildman–Crippen MR) is 71.8 cm³/mol. The summed E-state index contributed by atoms with van der Waals surface area (Å²) in [6.07, 6.45) is 1.17. The van der Waals surface area contributed by atoms with E-state index < -0.39 is 0 Å². The Kier molecular flexibility index (Phi) is 3.33. The highest BCUT2D eigenvalue weighted by atomic mass is 15.2. The average Bonchev–Trinajstić information content (AvgIpc) is 2.78. The van der Waals surface area contributed by atoms with E-state index in [0.717, 1.165) is 24.3 Å². The summed E-state index contributed by atoms with van der Waals surface area (Å²) < 4.78 is 0. The number of nitrogen functional groups attached to an aromatic ring is 1. The minimum Gasteiger partial charge on any atom is -0.384 e. The normalized spacial score (nSPS) is 19.9. The maximum atomic E-state index is 7.62. The highest BCUT2D eigenvalue weighted by molar-refractivity contribution is 6.00. The molecule has 1 aromatic rings. The molecule has 1 heterocycles. The maximum absolute atomic E-state index is 7.62. The van der Waals surface area contributed by atoms with Crippen LogP contribution in [0, 0.1) is 5.41 Å². The topological polar surface area (TPSA) is 56.4 Å². The van der Waals surface area contributed by atoms with Crippen LogP contribution in [0.4, 0.5) is 5.69 Å². The minimum absolute atomic E-state index is 0.147. The lowest BCUT2D eigenvalue weighted by Crippen LogP contribution is -2.32. The molecule has 0 bridgehead atoms. The van der Waals surface area contributed by atoms with E-state index in [1.54, 1.807) is 0 Å². The highest BCUT2D eigenvalue weighted by Crippen LogP contribution is 2.25. The summed E-state index contributed by atoms with van der Waals surface area (Å²) in [6, 6.07) is 8.50. The highest BCUT2D eigenvalue weighted by Gasteiger charge is 2.25. The van der Waals surface area contributed by atoms with Crippen LogP contribution in [0.2, 0.25) is 0 Å². The molecule has 4 nitrogen and oxygen atoms in total. The Balaban J connectivity index is 2.21. The van der Waals surface area contributed by atoms with Crippen molar-refractivity contribution in [3.8, 4) is 0 Å². The quantitative estimate of drug-likeness (QED) is 0.606. The largest absolute Gasteiger partial charge is 0.384 e. The van der Waals surface area contributed by atoms with Gasteiger partial charge in [-0.1, -0.05) is 12.1 Å². The van der Waals surface area contributed by atoms with Gasteiger partial charge in [0.15, 0.2) is 0 Å². The van der Waals surface area contributed by atoms with Crippen molar-refractivity contribution in [1.29, 1.82) is 5.41 Å². The van der Waals surface area contributed by atoms with Gasteiger partial charge in [0.25, 0.3) is 0 Å². The lowest BCUT2D eigenvalue weighted by Gasteiger charge is -2.23. The SMILES string of the molecule is CN(C)C1CCN(c2ccccc2C(=N)N)C1. The number of nitrogens with two attached hydrogens (primary N) is 1. The zero-order valence-electron chi connectivity index (χ0n) is 10.5. The Morgan fingerprint density at radius 3 is 2.71 bits per heavy atom. The van der Waals surface area contributed by atoms with Gasteiger partial charge in [0.2, 0.25) is 0 Å². The fourth-order valence-electron chi connectivity index (χ4n) is 2.36. The number of rotatable bonds is 3. The van der Waals surface area contributed by atoms with E-state index in [1.165, 1.54) is 6.42 Å². The number of para-hydroxylation sites is 1. The number of anilines is 1.